The lowest BCUT2D eigenvalue weighted by molar-refractivity contribution is -0.146. The van der Waals surface area contributed by atoms with Crippen LogP contribution in [0.2, 0.25) is 0 Å². The Morgan fingerprint density at radius 2 is 1.31 bits per heavy atom. The Labute approximate surface area is 196 Å². The molecule has 6 unspecified atom stereocenters. The predicted molar refractivity (Wildman–Crippen MR) is 132 cm³/mol. The normalized spacial score (nSPS) is 43.3. The van der Waals surface area contributed by atoms with Crippen molar-refractivity contribution >= 4 is 11.6 Å². The summed E-state index contributed by atoms with van der Waals surface area (Å²) >= 11 is 0. The number of Topliss-reactive ketones (excluding diaryl/α,β-unsaturated/α-hetero) is 2. The molecule has 3 fully saturated rings. The lowest BCUT2D eigenvalue weighted by Crippen LogP contribution is -2.54. The van der Waals surface area contributed by atoms with Crippen molar-refractivity contribution in [1.29, 1.82) is 0 Å². The van der Waals surface area contributed by atoms with Crippen LogP contribution in [0.4, 0.5) is 0 Å². The van der Waals surface area contributed by atoms with Crippen LogP contribution in [0.15, 0.2) is 23.8 Å². The summed E-state index contributed by atoms with van der Waals surface area (Å²) in [5.41, 5.74) is 2.91. The van der Waals surface area contributed by atoms with Gasteiger partial charge in [0.1, 0.15) is 11.6 Å². The number of allylic oxidation sites excluding steroid dienone is 3. The molecule has 0 N–H and O–H groups in total. The van der Waals surface area contributed by atoms with Gasteiger partial charge in [0.15, 0.2) is 0 Å². The van der Waals surface area contributed by atoms with E-state index in [9.17, 15) is 9.59 Å². The molecule has 2 nitrogen and oxygen atoms in total. The van der Waals surface area contributed by atoms with Gasteiger partial charge in [-0.05, 0) is 86.4 Å². The first kappa shape index (κ1) is 24.0. The van der Waals surface area contributed by atoms with Gasteiger partial charge in [0.25, 0.3) is 0 Å². The Bertz CT molecular complexity index is 858. The SMILES string of the molecule is C=C1CCC2C(C)(C)C(=O)CCC2(C)C1CCC1C(C)=CCC2C(C)(C)C(=O)CCC12C. The number of hydrogen-bond donors (Lipinski definition) is 0. The Hall–Kier alpha value is -1.18. The third-order valence-electron chi connectivity index (χ3n) is 11.4. The molecule has 0 saturated heterocycles. The molecule has 0 radical (unpaired) electrons. The van der Waals surface area contributed by atoms with Gasteiger partial charge in [-0.3, -0.25) is 9.59 Å². The molecule has 0 spiro atoms. The first-order valence-electron chi connectivity index (χ1n) is 13.2. The van der Waals surface area contributed by atoms with Crippen molar-refractivity contribution in [2.45, 2.75) is 106 Å². The van der Waals surface area contributed by atoms with Crippen LogP contribution in [0.3, 0.4) is 0 Å². The molecule has 0 bridgehead atoms. The second kappa shape index (κ2) is 7.67. The molecule has 32 heavy (non-hydrogen) atoms. The van der Waals surface area contributed by atoms with Crippen LogP contribution in [-0.2, 0) is 9.59 Å². The topological polar surface area (TPSA) is 34.1 Å². The summed E-state index contributed by atoms with van der Waals surface area (Å²) in [7, 11) is 0. The predicted octanol–water partition coefficient (Wildman–Crippen LogP) is 7.72. The second-order valence-electron chi connectivity index (χ2n) is 13.5. The van der Waals surface area contributed by atoms with Crippen LogP contribution in [0.1, 0.15) is 106 Å². The highest BCUT2D eigenvalue weighted by atomic mass is 16.1. The number of fused-ring (bicyclic) bond motifs is 2. The maximum absolute atomic E-state index is 12.8. The van der Waals surface area contributed by atoms with E-state index in [0.717, 1.165) is 44.9 Å². The van der Waals surface area contributed by atoms with E-state index >= 15 is 0 Å². The number of carbonyl (C=O) groups excluding carboxylic acids is 2. The number of carbonyl (C=O) groups is 2. The number of ketones is 2. The fourth-order valence-electron chi connectivity index (χ4n) is 9.25. The van der Waals surface area contributed by atoms with E-state index in [1.54, 1.807) is 0 Å². The fourth-order valence-corrected chi connectivity index (χ4v) is 9.25. The van der Waals surface area contributed by atoms with Crippen molar-refractivity contribution in [1.82, 2.24) is 0 Å². The van der Waals surface area contributed by atoms with Crippen molar-refractivity contribution in [3.05, 3.63) is 23.8 Å². The van der Waals surface area contributed by atoms with E-state index in [2.05, 4.69) is 61.1 Å². The van der Waals surface area contributed by atoms with Gasteiger partial charge < -0.3 is 0 Å². The van der Waals surface area contributed by atoms with Crippen molar-refractivity contribution in [3.63, 3.8) is 0 Å². The Kier molecular flexibility index (Phi) is 5.74. The molecule has 0 heterocycles. The Morgan fingerprint density at radius 3 is 1.91 bits per heavy atom. The zero-order chi connectivity index (χ0) is 23.7. The summed E-state index contributed by atoms with van der Waals surface area (Å²) in [4.78, 5) is 25.6. The largest absolute Gasteiger partial charge is 0.299 e. The van der Waals surface area contributed by atoms with Crippen molar-refractivity contribution < 1.29 is 9.59 Å². The van der Waals surface area contributed by atoms with Crippen LogP contribution < -0.4 is 0 Å². The van der Waals surface area contributed by atoms with E-state index in [-0.39, 0.29) is 21.7 Å². The quantitative estimate of drug-likeness (QED) is 0.423. The molecule has 3 saturated carbocycles. The standard InChI is InChI=1S/C30H46O2/c1-19-9-13-23-27(3,4)25(31)15-17-29(23,7)21(19)11-12-22-20(2)10-14-24-28(5,6)26(32)16-18-30(22,24)8/h10,21-24H,1,9,11-18H2,2-8H3. The molecule has 4 aliphatic rings. The zero-order valence-electron chi connectivity index (χ0n) is 21.8. The zero-order valence-corrected chi connectivity index (χ0v) is 21.8. The van der Waals surface area contributed by atoms with Gasteiger partial charge in [-0.25, -0.2) is 0 Å². The number of hydrogen-bond acceptors (Lipinski definition) is 2. The summed E-state index contributed by atoms with van der Waals surface area (Å²) in [6.45, 7) is 20.6. The summed E-state index contributed by atoms with van der Waals surface area (Å²) in [6.07, 6.45) is 11.5. The summed E-state index contributed by atoms with van der Waals surface area (Å²) < 4.78 is 0. The second-order valence-corrected chi connectivity index (χ2v) is 13.5. The lowest BCUT2D eigenvalue weighted by atomic mass is 9.45. The van der Waals surface area contributed by atoms with Gasteiger partial charge in [-0.1, -0.05) is 65.3 Å². The van der Waals surface area contributed by atoms with Crippen molar-refractivity contribution in [2.75, 3.05) is 0 Å². The minimum absolute atomic E-state index is 0.182. The molecule has 178 valence electrons. The first-order chi connectivity index (χ1) is 14.8. The van der Waals surface area contributed by atoms with E-state index in [4.69, 9.17) is 0 Å². The maximum Gasteiger partial charge on any atom is 0.138 e. The van der Waals surface area contributed by atoms with Crippen molar-refractivity contribution in [3.8, 4) is 0 Å². The third kappa shape index (κ3) is 3.33. The molecule has 0 amide bonds. The minimum Gasteiger partial charge on any atom is -0.299 e. The molecule has 4 aliphatic carbocycles. The summed E-state index contributed by atoms with van der Waals surface area (Å²) in [5.74, 6) is 2.87. The molecular formula is C30H46O2. The van der Waals surface area contributed by atoms with Crippen LogP contribution in [0.5, 0.6) is 0 Å². The number of rotatable bonds is 3. The van der Waals surface area contributed by atoms with Crippen LogP contribution in [-0.4, -0.2) is 11.6 Å². The molecule has 0 aromatic heterocycles. The molecule has 6 atom stereocenters. The molecule has 0 aromatic rings. The van der Waals surface area contributed by atoms with E-state index in [1.165, 1.54) is 24.0 Å². The lowest BCUT2D eigenvalue weighted by Gasteiger charge is -2.58. The highest BCUT2D eigenvalue weighted by Crippen LogP contribution is 2.63. The van der Waals surface area contributed by atoms with Crippen molar-refractivity contribution in [2.24, 2.45) is 45.3 Å². The van der Waals surface area contributed by atoms with Crippen LogP contribution in [0.25, 0.3) is 0 Å². The molecule has 2 heteroatoms. The molecular weight excluding hydrogens is 392 g/mol. The molecule has 4 rings (SSSR count). The van der Waals surface area contributed by atoms with E-state index < -0.39 is 0 Å². The van der Waals surface area contributed by atoms with Gasteiger partial charge in [0.2, 0.25) is 0 Å². The molecule has 0 aromatic carbocycles. The van der Waals surface area contributed by atoms with E-state index in [0.29, 0.717) is 35.2 Å². The fraction of sp³-hybridized carbons (Fsp3) is 0.800. The minimum atomic E-state index is -0.221. The monoisotopic (exact) mass is 438 g/mol. The highest BCUT2D eigenvalue weighted by molar-refractivity contribution is 5.86. The van der Waals surface area contributed by atoms with Crippen LogP contribution >= 0.6 is 0 Å². The molecule has 0 aliphatic heterocycles. The smallest absolute Gasteiger partial charge is 0.138 e. The third-order valence-corrected chi connectivity index (χ3v) is 11.4. The average molecular weight is 439 g/mol. The van der Waals surface area contributed by atoms with Gasteiger partial charge in [-0.15, -0.1) is 0 Å². The van der Waals surface area contributed by atoms with Gasteiger partial charge in [0, 0.05) is 23.7 Å². The average Bonchev–Trinajstić information content (AvgIpc) is 2.69. The Balaban J connectivity index is 1.60. The van der Waals surface area contributed by atoms with Gasteiger partial charge >= 0.3 is 0 Å². The van der Waals surface area contributed by atoms with Crippen LogP contribution in [0, 0.1) is 45.3 Å². The maximum atomic E-state index is 12.8. The Morgan fingerprint density at radius 1 is 0.812 bits per heavy atom. The summed E-state index contributed by atoms with van der Waals surface area (Å²) in [6, 6.07) is 0. The summed E-state index contributed by atoms with van der Waals surface area (Å²) in [5, 5.41) is 0. The van der Waals surface area contributed by atoms with Gasteiger partial charge in [0.05, 0.1) is 0 Å². The highest BCUT2D eigenvalue weighted by Gasteiger charge is 2.58. The first-order valence-corrected chi connectivity index (χ1v) is 13.2. The van der Waals surface area contributed by atoms with Gasteiger partial charge in [-0.2, -0.15) is 0 Å². The van der Waals surface area contributed by atoms with E-state index in [1.807, 2.05) is 0 Å².